The predicted molar refractivity (Wildman–Crippen MR) is 75.7 cm³/mol. The highest BCUT2D eigenvalue weighted by Gasteiger charge is 2.19. The van der Waals surface area contributed by atoms with E-state index >= 15 is 0 Å². The molecule has 0 amide bonds. The molecule has 0 fully saturated rings. The molecule has 0 radical (unpaired) electrons. The Kier molecular flexibility index (Phi) is 2.83. The van der Waals surface area contributed by atoms with Gasteiger partial charge in [-0.2, -0.15) is 0 Å². The summed E-state index contributed by atoms with van der Waals surface area (Å²) in [7, 11) is 0. The molecular weight excluding hydrogens is 240 g/mol. The molecule has 0 atom stereocenters. The third-order valence-corrected chi connectivity index (χ3v) is 4.69. The van der Waals surface area contributed by atoms with Crippen LogP contribution in [0.25, 0.3) is 0 Å². The number of rotatable bonds is 2. The largest absolute Gasteiger partial charge is 0.288 e. The van der Waals surface area contributed by atoms with Gasteiger partial charge in [-0.3, -0.25) is 4.79 Å². The van der Waals surface area contributed by atoms with Crippen molar-refractivity contribution in [1.82, 2.24) is 0 Å². The summed E-state index contributed by atoms with van der Waals surface area (Å²) >= 11 is 1.69. The number of thiophene rings is 1. The molecule has 1 heterocycles. The Hall–Kier alpha value is -1.41. The second-order valence-corrected chi connectivity index (χ2v) is 6.25. The van der Waals surface area contributed by atoms with E-state index in [1.807, 2.05) is 26.0 Å². The molecule has 1 aliphatic rings. The SMILES string of the molecule is Cc1cc(C)cc(C(=O)c2cc3c(s2)CCC3)c1. The zero-order chi connectivity index (χ0) is 12.7. The second kappa shape index (κ2) is 4.36. The van der Waals surface area contributed by atoms with Gasteiger partial charge in [-0.1, -0.05) is 17.2 Å². The highest BCUT2D eigenvalue weighted by Crippen LogP contribution is 2.32. The first-order valence-corrected chi connectivity index (χ1v) is 7.20. The van der Waals surface area contributed by atoms with E-state index in [9.17, 15) is 4.79 Å². The molecule has 1 aromatic heterocycles. The molecule has 0 bridgehead atoms. The third-order valence-electron chi connectivity index (χ3n) is 3.45. The number of carbonyl (C=O) groups excluding carboxylic acids is 1. The second-order valence-electron chi connectivity index (χ2n) is 5.12. The number of hydrogen-bond donors (Lipinski definition) is 0. The van der Waals surface area contributed by atoms with Gasteiger partial charge in [-0.25, -0.2) is 0 Å². The molecule has 0 unspecified atom stereocenters. The summed E-state index contributed by atoms with van der Waals surface area (Å²) in [6.45, 7) is 4.08. The zero-order valence-corrected chi connectivity index (χ0v) is 11.6. The fourth-order valence-corrected chi connectivity index (χ4v) is 3.90. The lowest BCUT2D eigenvalue weighted by atomic mass is 10.0. The molecule has 0 aliphatic heterocycles. The van der Waals surface area contributed by atoms with Crippen LogP contribution < -0.4 is 0 Å². The van der Waals surface area contributed by atoms with Crippen LogP contribution in [0, 0.1) is 13.8 Å². The maximum Gasteiger partial charge on any atom is 0.202 e. The highest BCUT2D eigenvalue weighted by molar-refractivity contribution is 7.14. The molecule has 3 rings (SSSR count). The van der Waals surface area contributed by atoms with Crippen molar-refractivity contribution < 1.29 is 4.79 Å². The van der Waals surface area contributed by atoms with Gasteiger partial charge in [0.25, 0.3) is 0 Å². The van der Waals surface area contributed by atoms with Gasteiger partial charge in [-0.05, 0) is 56.9 Å². The van der Waals surface area contributed by atoms with Gasteiger partial charge in [0.1, 0.15) is 0 Å². The van der Waals surface area contributed by atoms with E-state index in [2.05, 4.69) is 12.1 Å². The Balaban J connectivity index is 1.98. The number of aryl methyl sites for hydroxylation is 4. The maximum atomic E-state index is 12.5. The lowest BCUT2D eigenvalue weighted by molar-refractivity contribution is 0.104. The quantitative estimate of drug-likeness (QED) is 0.740. The fourth-order valence-electron chi connectivity index (χ4n) is 2.69. The van der Waals surface area contributed by atoms with Gasteiger partial charge in [-0.15, -0.1) is 11.3 Å². The van der Waals surface area contributed by atoms with Gasteiger partial charge in [0.05, 0.1) is 4.88 Å². The Morgan fingerprint density at radius 2 is 1.78 bits per heavy atom. The minimum atomic E-state index is 0.182. The molecule has 1 aliphatic carbocycles. The number of hydrogen-bond acceptors (Lipinski definition) is 2. The minimum absolute atomic E-state index is 0.182. The standard InChI is InChI=1S/C16H16OS/c1-10-6-11(2)8-13(7-10)16(17)15-9-12-4-3-5-14(12)18-15/h6-9H,3-5H2,1-2H3. The van der Waals surface area contributed by atoms with Crippen molar-refractivity contribution in [1.29, 1.82) is 0 Å². The lowest BCUT2D eigenvalue weighted by Gasteiger charge is -2.02. The molecule has 0 N–H and O–H groups in total. The zero-order valence-electron chi connectivity index (χ0n) is 10.7. The summed E-state index contributed by atoms with van der Waals surface area (Å²) in [5.74, 6) is 0.182. The molecule has 0 saturated heterocycles. The number of benzene rings is 1. The minimum Gasteiger partial charge on any atom is -0.288 e. The van der Waals surface area contributed by atoms with Crippen LogP contribution in [-0.4, -0.2) is 5.78 Å². The summed E-state index contributed by atoms with van der Waals surface area (Å²) in [5, 5.41) is 0. The van der Waals surface area contributed by atoms with Crippen LogP contribution in [0.4, 0.5) is 0 Å². The summed E-state index contributed by atoms with van der Waals surface area (Å²) < 4.78 is 0. The molecule has 2 aromatic rings. The van der Waals surface area contributed by atoms with E-state index in [1.54, 1.807) is 11.3 Å². The molecular formula is C16H16OS. The van der Waals surface area contributed by atoms with Crippen LogP contribution in [-0.2, 0) is 12.8 Å². The van der Waals surface area contributed by atoms with Crippen LogP contribution >= 0.6 is 11.3 Å². The first-order chi connectivity index (χ1) is 8.63. The molecule has 2 heteroatoms. The maximum absolute atomic E-state index is 12.5. The topological polar surface area (TPSA) is 17.1 Å². The first-order valence-electron chi connectivity index (χ1n) is 6.38. The van der Waals surface area contributed by atoms with Crippen molar-refractivity contribution in [3.8, 4) is 0 Å². The Morgan fingerprint density at radius 3 is 2.44 bits per heavy atom. The van der Waals surface area contributed by atoms with E-state index in [1.165, 1.54) is 16.9 Å². The number of fused-ring (bicyclic) bond motifs is 1. The first kappa shape index (κ1) is 11.7. The third kappa shape index (κ3) is 2.01. The van der Waals surface area contributed by atoms with Crippen LogP contribution in [0.2, 0.25) is 0 Å². The van der Waals surface area contributed by atoms with E-state index in [0.717, 1.165) is 34.4 Å². The van der Waals surface area contributed by atoms with E-state index < -0.39 is 0 Å². The van der Waals surface area contributed by atoms with Crippen molar-refractivity contribution in [2.75, 3.05) is 0 Å². The van der Waals surface area contributed by atoms with Gasteiger partial charge in [0.15, 0.2) is 0 Å². The molecule has 0 spiro atoms. The van der Waals surface area contributed by atoms with Crippen LogP contribution in [0.5, 0.6) is 0 Å². The Morgan fingerprint density at radius 1 is 1.06 bits per heavy atom. The van der Waals surface area contributed by atoms with Crippen molar-refractivity contribution in [2.45, 2.75) is 33.1 Å². The van der Waals surface area contributed by atoms with E-state index in [-0.39, 0.29) is 5.78 Å². The van der Waals surface area contributed by atoms with Crippen molar-refractivity contribution in [3.63, 3.8) is 0 Å². The highest BCUT2D eigenvalue weighted by atomic mass is 32.1. The summed E-state index contributed by atoms with van der Waals surface area (Å²) in [4.78, 5) is 14.8. The van der Waals surface area contributed by atoms with Crippen molar-refractivity contribution in [3.05, 3.63) is 56.3 Å². The molecule has 0 saturated carbocycles. The van der Waals surface area contributed by atoms with Gasteiger partial charge < -0.3 is 0 Å². The molecule has 92 valence electrons. The normalized spacial score (nSPS) is 13.7. The van der Waals surface area contributed by atoms with E-state index in [4.69, 9.17) is 0 Å². The van der Waals surface area contributed by atoms with Crippen LogP contribution in [0.15, 0.2) is 24.3 Å². The van der Waals surface area contributed by atoms with Gasteiger partial charge in [0, 0.05) is 10.4 Å². The average Bonchev–Trinajstić information content (AvgIpc) is 2.86. The van der Waals surface area contributed by atoms with Crippen LogP contribution in [0.1, 0.15) is 43.2 Å². The van der Waals surface area contributed by atoms with Crippen molar-refractivity contribution in [2.24, 2.45) is 0 Å². The average molecular weight is 256 g/mol. The number of carbonyl (C=O) groups is 1. The summed E-state index contributed by atoms with van der Waals surface area (Å²) in [6.07, 6.45) is 3.55. The number of ketones is 1. The predicted octanol–water partition coefficient (Wildman–Crippen LogP) is 4.08. The molecule has 1 aromatic carbocycles. The van der Waals surface area contributed by atoms with Gasteiger partial charge in [0.2, 0.25) is 5.78 Å². The monoisotopic (exact) mass is 256 g/mol. The summed E-state index contributed by atoms with van der Waals surface area (Å²) in [6, 6.07) is 8.18. The molecule has 18 heavy (non-hydrogen) atoms. The fraction of sp³-hybridized carbons (Fsp3) is 0.312. The molecule has 1 nitrogen and oxygen atoms in total. The van der Waals surface area contributed by atoms with Crippen molar-refractivity contribution >= 4 is 17.1 Å². The smallest absolute Gasteiger partial charge is 0.202 e. The Bertz CT molecular complexity index is 580. The van der Waals surface area contributed by atoms with Gasteiger partial charge >= 0.3 is 0 Å². The van der Waals surface area contributed by atoms with Crippen LogP contribution in [0.3, 0.4) is 0 Å². The van der Waals surface area contributed by atoms with E-state index in [0.29, 0.717) is 0 Å². The Labute approximate surface area is 111 Å². The summed E-state index contributed by atoms with van der Waals surface area (Å²) in [5.41, 5.74) is 4.53. The lowest BCUT2D eigenvalue weighted by Crippen LogP contribution is -2.00.